The number of rotatable bonds is 0. The predicted octanol–water partition coefficient (Wildman–Crippen LogP) is 3.19. The second-order valence-corrected chi connectivity index (χ2v) is 5.42. The Balaban J connectivity index is 2.03. The molecule has 2 aromatic rings. The molecule has 0 unspecified atom stereocenters. The van der Waals surface area contributed by atoms with E-state index in [4.69, 9.17) is 0 Å². The minimum atomic E-state index is 0.0575. The molecular formula is C16H16N2. The molecule has 0 saturated carbocycles. The van der Waals surface area contributed by atoms with E-state index in [0.717, 1.165) is 0 Å². The van der Waals surface area contributed by atoms with Gasteiger partial charge in [-0.1, -0.05) is 36.4 Å². The molecule has 90 valence electrons. The van der Waals surface area contributed by atoms with Gasteiger partial charge >= 0.3 is 0 Å². The smallest absolute Gasteiger partial charge is 0.113 e. The van der Waals surface area contributed by atoms with Crippen molar-refractivity contribution in [3.8, 4) is 0 Å². The fourth-order valence-corrected chi connectivity index (χ4v) is 3.64. The Bertz CT molecular complexity index is 634. The number of para-hydroxylation sites is 2. The maximum Gasteiger partial charge on any atom is 0.113 e. The summed E-state index contributed by atoms with van der Waals surface area (Å²) < 4.78 is 0. The van der Waals surface area contributed by atoms with Gasteiger partial charge in [0.25, 0.3) is 0 Å². The van der Waals surface area contributed by atoms with Gasteiger partial charge in [0.1, 0.15) is 6.17 Å². The molecule has 18 heavy (non-hydrogen) atoms. The van der Waals surface area contributed by atoms with Crippen LogP contribution in [-0.2, 0) is 5.41 Å². The zero-order chi connectivity index (χ0) is 12.3. The number of likely N-dealkylation sites (N-methyl/N-ethyl adjacent to an activating group) is 1. The van der Waals surface area contributed by atoms with Crippen molar-refractivity contribution in [2.24, 2.45) is 0 Å². The summed E-state index contributed by atoms with van der Waals surface area (Å²) in [7, 11) is 2.17. The van der Waals surface area contributed by atoms with E-state index in [0.29, 0.717) is 6.17 Å². The SMILES string of the molecule is CN1c2ccccc2[C@@]2(C)c3ccccc3N[C@@H]12. The van der Waals surface area contributed by atoms with E-state index in [1.54, 1.807) is 0 Å². The second kappa shape index (κ2) is 3.08. The molecular weight excluding hydrogens is 220 g/mol. The molecule has 0 radical (unpaired) electrons. The molecule has 0 amide bonds. The summed E-state index contributed by atoms with van der Waals surface area (Å²) in [5.41, 5.74) is 5.50. The van der Waals surface area contributed by atoms with Gasteiger partial charge in [0.2, 0.25) is 0 Å². The number of hydrogen-bond acceptors (Lipinski definition) is 2. The fraction of sp³-hybridized carbons (Fsp3) is 0.250. The predicted molar refractivity (Wildman–Crippen MR) is 75.2 cm³/mol. The Kier molecular flexibility index (Phi) is 1.71. The lowest BCUT2D eigenvalue weighted by Crippen LogP contribution is -2.42. The van der Waals surface area contributed by atoms with Crippen LogP contribution in [-0.4, -0.2) is 13.2 Å². The first kappa shape index (κ1) is 10.0. The zero-order valence-corrected chi connectivity index (χ0v) is 10.6. The van der Waals surface area contributed by atoms with Gasteiger partial charge < -0.3 is 10.2 Å². The minimum Gasteiger partial charge on any atom is -0.364 e. The Morgan fingerprint density at radius 3 is 2.50 bits per heavy atom. The average Bonchev–Trinajstić information content (AvgIpc) is 2.83. The zero-order valence-electron chi connectivity index (χ0n) is 10.6. The second-order valence-electron chi connectivity index (χ2n) is 5.42. The summed E-state index contributed by atoms with van der Waals surface area (Å²) in [4.78, 5) is 2.36. The highest BCUT2D eigenvalue weighted by atomic mass is 15.3. The van der Waals surface area contributed by atoms with Crippen LogP contribution < -0.4 is 10.2 Å². The van der Waals surface area contributed by atoms with Crippen LogP contribution in [0.3, 0.4) is 0 Å². The molecule has 2 heteroatoms. The van der Waals surface area contributed by atoms with E-state index in [-0.39, 0.29) is 5.41 Å². The maximum absolute atomic E-state index is 3.66. The van der Waals surface area contributed by atoms with Gasteiger partial charge in [-0.3, -0.25) is 0 Å². The number of nitrogens with zero attached hydrogens (tertiary/aromatic N) is 1. The minimum absolute atomic E-state index is 0.0575. The molecule has 0 aromatic heterocycles. The molecule has 2 nitrogen and oxygen atoms in total. The summed E-state index contributed by atoms with van der Waals surface area (Å²) in [6, 6.07) is 17.4. The van der Waals surface area contributed by atoms with Crippen LogP contribution in [0.15, 0.2) is 48.5 Å². The lowest BCUT2D eigenvalue weighted by Gasteiger charge is -2.28. The van der Waals surface area contributed by atoms with Crippen molar-refractivity contribution in [1.82, 2.24) is 0 Å². The molecule has 2 aromatic carbocycles. The highest BCUT2D eigenvalue weighted by molar-refractivity contribution is 5.76. The van der Waals surface area contributed by atoms with Gasteiger partial charge in [0, 0.05) is 18.4 Å². The first-order valence-electron chi connectivity index (χ1n) is 6.41. The third-order valence-corrected chi connectivity index (χ3v) is 4.56. The van der Waals surface area contributed by atoms with Gasteiger partial charge in [-0.2, -0.15) is 0 Å². The Labute approximate surface area is 107 Å². The normalized spacial score (nSPS) is 27.4. The third kappa shape index (κ3) is 0.953. The maximum atomic E-state index is 3.66. The molecule has 1 N–H and O–H groups in total. The molecule has 2 atom stereocenters. The highest BCUT2D eigenvalue weighted by Gasteiger charge is 2.52. The summed E-state index contributed by atoms with van der Waals surface area (Å²) in [5.74, 6) is 0. The van der Waals surface area contributed by atoms with Crippen molar-refractivity contribution < 1.29 is 0 Å². The molecule has 0 aliphatic carbocycles. The van der Waals surface area contributed by atoms with Crippen molar-refractivity contribution in [3.05, 3.63) is 59.7 Å². The Hall–Kier alpha value is -1.96. The van der Waals surface area contributed by atoms with Gasteiger partial charge in [-0.25, -0.2) is 0 Å². The van der Waals surface area contributed by atoms with Crippen molar-refractivity contribution >= 4 is 11.4 Å². The van der Waals surface area contributed by atoms with E-state index in [9.17, 15) is 0 Å². The van der Waals surface area contributed by atoms with E-state index < -0.39 is 0 Å². The molecule has 0 fully saturated rings. The van der Waals surface area contributed by atoms with Gasteiger partial charge in [0.15, 0.2) is 0 Å². The van der Waals surface area contributed by atoms with E-state index in [2.05, 4.69) is 72.7 Å². The van der Waals surface area contributed by atoms with Crippen LogP contribution in [0.4, 0.5) is 11.4 Å². The van der Waals surface area contributed by atoms with Crippen LogP contribution in [0.25, 0.3) is 0 Å². The molecule has 2 aliphatic rings. The monoisotopic (exact) mass is 236 g/mol. The Morgan fingerprint density at radius 1 is 1.00 bits per heavy atom. The van der Waals surface area contributed by atoms with Gasteiger partial charge in [-0.15, -0.1) is 0 Å². The fourth-order valence-electron chi connectivity index (χ4n) is 3.64. The molecule has 0 spiro atoms. The van der Waals surface area contributed by atoms with E-state index in [1.807, 2.05) is 0 Å². The van der Waals surface area contributed by atoms with Gasteiger partial charge in [0.05, 0.1) is 5.41 Å². The summed E-state index contributed by atoms with van der Waals surface area (Å²) in [6.07, 6.45) is 0.326. The Morgan fingerprint density at radius 2 is 1.67 bits per heavy atom. The van der Waals surface area contributed by atoms with Crippen molar-refractivity contribution in [1.29, 1.82) is 0 Å². The number of anilines is 2. The molecule has 0 saturated heterocycles. The number of hydrogen-bond donors (Lipinski definition) is 1. The van der Waals surface area contributed by atoms with Crippen LogP contribution >= 0.6 is 0 Å². The lowest BCUT2D eigenvalue weighted by atomic mass is 9.77. The van der Waals surface area contributed by atoms with Crippen molar-refractivity contribution in [3.63, 3.8) is 0 Å². The lowest BCUT2D eigenvalue weighted by molar-refractivity contribution is 0.530. The van der Waals surface area contributed by atoms with Crippen LogP contribution in [0.5, 0.6) is 0 Å². The van der Waals surface area contributed by atoms with Gasteiger partial charge in [-0.05, 0) is 30.2 Å². The van der Waals surface area contributed by atoms with Crippen LogP contribution in [0, 0.1) is 0 Å². The summed E-state index contributed by atoms with van der Waals surface area (Å²) in [5, 5.41) is 3.66. The number of nitrogens with one attached hydrogen (secondary N) is 1. The standard InChI is InChI=1S/C16H16N2/c1-16-11-7-3-5-9-13(11)17-15(16)18(2)14-10-6-4-8-12(14)16/h3-10,15,17H,1-2H3/t15-,16+/m0/s1. The first-order chi connectivity index (χ1) is 8.73. The highest BCUT2D eigenvalue weighted by Crippen LogP contribution is 2.54. The summed E-state index contributed by atoms with van der Waals surface area (Å²) in [6.45, 7) is 2.35. The number of fused-ring (bicyclic) bond motifs is 5. The third-order valence-electron chi connectivity index (χ3n) is 4.56. The quantitative estimate of drug-likeness (QED) is 0.755. The van der Waals surface area contributed by atoms with Crippen molar-refractivity contribution in [2.45, 2.75) is 18.5 Å². The van der Waals surface area contributed by atoms with Crippen molar-refractivity contribution in [2.75, 3.05) is 17.3 Å². The molecule has 2 heterocycles. The van der Waals surface area contributed by atoms with Crippen LogP contribution in [0.2, 0.25) is 0 Å². The summed E-state index contributed by atoms with van der Waals surface area (Å²) >= 11 is 0. The van der Waals surface area contributed by atoms with E-state index >= 15 is 0 Å². The van der Waals surface area contributed by atoms with E-state index in [1.165, 1.54) is 22.5 Å². The number of benzene rings is 2. The largest absolute Gasteiger partial charge is 0.364 e. The first-order valence-corrected chi connectivity index (χ1v) is 6.41. The van der Waals surface area contributed by atoms with Crippen LogP contribution in [0.1, 0.15) is 18.1 Å². The molecule has 2 aliphatic heterocycles. The average molecular weight is 236 g/mol. The topological polar surface area (TPSA) is 15.3 Å². The molecule has 4 rings (SSSR count). The molecule has 0 bridgehead atoms.